The minimum atomic E-state index is -0.478. The first-order valence-electron chi connectivity index (χ1n) is 6.21. The molecule has 0 saturated carbocycles. The molecule has 2 rings (SSSR count). The first-order valence-corrected chi connectivity index (χ1v) is 7.99. The fraction of sp³-hybridized carbons (Fsp3) is 0.0625. The summed E-state index contributed by atoms with van der Waals surface area (Å²) in [5, 5.41) is 2.60. The summed E-state index contributed by atoms with van der Waals surface area (Å²) >= 11 is 4.69. The van der Waals surface area contributed by atoms with Gasteiger partial charge in [0.2, 0.25) is 0 Å². The Bertz CT molecular complexity index is 675. The van der Waals surface area contributed by atoms with Crippen LogP contribution < -0.4 is 5.32 Å². The van der Waals surface area contributed by atoms with Crippen LogP contribution in [0.5, 0.6) is 0 Å². The Labute approximate surface area is 135 Å². The van der Waals surface area contributed by atoms with E-state index in [1.807, 2.05) is 12.1 Å². The van der Waals surface area contributed by atoms with Crippen LogP contribution in [0, 0.1) is 5.82 Å². The molecule has 0 fully saturated rings. The van der Waals surface area contributed by atoms with Crippen LogP contribution in [0.4, 0.5) is 10.1 Å². The van der Waals surface area contributed by atoms with Gasteiger partial charge in [-0.2, -0.15) is 0 Å². The van der Waals surface area contributed by atoms with Crippen molar-refractivity contribution in [3.05, 3.63) is 71.0 Å². The summed E-state index contributed by atoms with van der Waals surface area (Å²) in [4.78, 5) is 13.1. The van der Waals surface area contributed by atoms with Gasteiger partial charge >= 0.3 is 0 Å². The third-order valence-electron chi connectivity index (χ3n) is 2.67. The standard InChI is InChI=1S/C16H13BrFNOS/c1-2-9-21-15-6-4-3-5-12(15)16(20)19-14-8-7-11(17)10-13(14)18/h2-8,10H,1,9H2,(H,19,20). The average Bonchev–Trinajstić information content (AvgIpc) is 2.48. The van der Waals surface area contributed by atoms with Crippen molar-refractivity contribution in [2.24, 2.45) is 0 Å². The lowest BCUT2D eigenvalue weighted by Crippen LogP contribution is -2.14. The number of thioether (sulfide) groups is 1. The zero-order chi connectivity index (χ0) is 15.2. The van der Waals surface area contributed by atoms with E-state index < -0.39 is 5.82 Å². The maximum Gasteiger partial charge on any atom is 0.256 e. The highest BCUT2D eigenvalue weighted by molar-refractivity contribution is 9.10. The molecule has 0 radical (unpaired) electrons. The molecule has 0 aliphatic heterocycles. The molecule has 2 aromatic carbocycles. The van der Waals surface area contributed by atoms with Crippen molar-refractivity contribution >= 4 is 39.3 Å². The first-order chi connectivity index (χ1) is 10.1. The number of carbonyl (C=O) groups excluding carboxylic acids is 1. The number of benzene rings is 2. The van der Waals surface area contributed by atoms with Gasteiger partial charge in [-0.3, -0.25) is 4.79 Å². The molecular formula is C16H13BrFNOS. The highest BCUT2D eigenvalue weighted by Crippen LogP contribution is 2.25. The molecule has 1 N–H and O–H groups in total. The van der Waals surface area contributed by atoms with E-state index in [1.54, 1.807) is 24.3 Å². The minimum Gasteiger partial charge on any atom is -0.319 e. The monoisotopic (exact) mass is 365 g/mol. The van der Waals surface area contributed by atoms with E-state index in [2.05, 4.69) is 27.8 Å². The maximum absolute atomic E-state index is 13.8. The molecule has 5 heteroatoms. The number of halogens is 2. The second kappa shape index (κ2) is 7.43. The minimum absolute atomic E-state index is 0.159. The molecule has 0 heterocycles. The van der Waals surface area contributed by atoms with Crippen LogP contribution >= 0.6 is 27.7 Å². The highest BCUT2D eigenvalue weighted by atomic mass is 79.9. The topological polar surface area (TPSA) is 29.1 Å². The van der Waals surface area contributed by atoms with Crippen LogP contribution in [0.25, 0.3) is 0 Å². The van der Waals surface area contributed by atoms with Crippen molar-refractivity contribution in [1.82, 2.24) is 0 Å². The third-order valence-corrected chi connectivity index (χ3v) is 4.23. The smallest absolute Gasteiger partial charge is 0.256 e. The van der Waals surface area contributed by atoms with E-state index in [9.17, 15) is 9.18 Å². The summed E-state index contributed by atoms with van der Waals surface area (Å²) in [5.74, 6) is -0.103. The van der Waals surface area contributed by atoms with Gasteiger partial charge in [-0.05, 0) is 30.3 Å². The Kier molecular flexibility index (Phi) is 5.59. The van der Waals surface area contributed by atoms with Crippen LogP contribution in [0.15, 0.2) is 64.5 Å². The van der Waals surface area contributed by atoms with Gasteiger partial charge in [0, 0.05) is 15.1 Å². The Morgan fingerprint density at radius 2 is 2.10 bits per heavy atom. The lowest BCUT2D eigenvalue weighted by molar-refractivity contribution is 0.102. The summed E-state index contributed by atoms with van der Waals surface area (Å²) in [7, 11) is 0. The lowest BCUT2D eigenvalue weighted by atomic mass is 10.2. The summed E-state index contributed by atoms with van der Waals surface area (Å²) in [5.41, 5.74) is 0.679. The second-order valence-corrected chi connectivity index (χ2v) is 6.15. The number of hydrogen-bond acceptors (Lipinski definition) is 2. The van der Waals surface area contributed by atoms with E-state index >= 15 is 0 Å². The number of hydrogen-bond donors (Lipinski definition) is 1. The number of amides is 1. The quantitative estimate of drug-likeness (QED) is 0.588. The molecule has 21 heavy (non-hydrogen) atoms. The van der Waals surface area contributed by atoms with E-state index in [1.165, 1.54) is 23.9 Å². The average molecular weight is 366 g/mol. The van der Waals surface area contributed by atoms with Crippen molar-refractivity contribution in [2.45, 2.75) is 4.90 Å². The second-order valence-electron chi connectivity index (χ2n) is 4.17. The van der Waals surface area contributed by atoms with Crippen LogP contribution in [0.1, 0.15) is 10.4 Å². The first kappa shape index (κ1) is 15.8. The van der Waals surface area contributed by atoms with Crippen molar-refractivity contribution in [1.29, 1.82) is 0 Å². The van der Waals surface area contributed by atoms with E-state index in [0.29, 0.717) is 15.8 Å². The van der Waals surface area contributed by atoms with Gasteiger partial charge in [0.25, 0.3) is 5.91 Å². The fourth-order valence-corrected chi connectivity index (χ4v) is 2.83. The molecule has 2 nitrogen and oxygen atoms in total. The molecule has 0 bridgehead atoms. The summed E-state index contributed by atoms with van der Waals surface area (Å²) in [6.07, 6.45) is 1.77. The molecule has 0 spiro atoms. The van der Waals surface area contributed by atoms with Gasteiger partial charge in [-0.1, -0.05) is 34.1 Å². The van der Waals surface area contributed by atoms with Crippen molar-refractivity contribution in [3.63, 3.8) is 0 Å². The zero-order valence-electron chi connectivity index (χ0n) is 11.1. The Morgan fingerprint density at radius 3 is 2.81 bits per heavy atom. The normalized spacial score (nSPS) is 10.2. The Hall–Kier alpha value is -1.59. The Morgan fingerprint density at radius 1 is 1.33 bits per heavy atom. The molecule has 0 unspecified atom stereocenters. The van der Waals surface area contributed by atoms with Gasteiger partial charge in [-0.15, -0.1) is 18.3 Å². The molecular weight excluding hydrogens is 353 g/mol. The van der Waals surface area contributed by atoms with Gasteiger partial charge < -0.3 is 5.32 Å². The van der Waals surface area contributed by atoms with Crippen molar-refractivity contribution < 1.29 is 9.18 Å². The Balaban J connectivity index is 2.22. The number of rotatable bonds is 5. The van der Waals surface area contributed by atoms with Crippen LogP contribution in [0.3, 0.4) is 0 Å². The summed E-state index contributed by atoms with van der Waals surface area (Å²) in [6.45, 7) is 3.66. The fourth-order valence-electron chi connectivity index (χ4n) is 1.71. The van der Waals surface area contributed by atoms with Gasteiger partial charge in [-0.25, -0.2) is 4.39 Å². The van der Waals surface area contributed by atoms with Gasteiger partial charge in [0.1, 0.15) is 5.82 Å². The SMILES string of the molecule is C=CCSc1ccccc1C(=O)Nc1ccc(Br)cc1F. The van der Waals surface area contributed by atoms with Gasteiger partial charge in [0.15, 0.2) is 0 Å². The molecule has 1 amide bonds. The molecule has 108 valence electrons. The molecule has 0 atom stereocenters. The predicted molar refractivity (Wildman–Crippen MR) is 89.4 cm³/mol. The predicted octanol–water partition coefficient (Wildman–Crippen LogP) is 5.12. The van der Waals surface area contributed by atoms with E-state index in [0.717, 1.165) is 4.90 Å². The van der Waals surface area contributed by atoms with Crippen LogP contribution in [-0.4, -0.2) is 11.7 Å². The number of nitrogens with one attached hydrogen (secondary N) is 1. The largest absolute Gasteiger partial charge is 0.319 e. The van der Waals surface area contributed by atoms with Crippen molar-refractivity contribution in [3.8, 4) is 0 Å². The van der Waals surface area contributed by atoms with Gasteiger partial charge in [0.05, 0.1) is 11.3 Å². The molecule has 0 aliphatic rings. The summed E-state index contributed by atoms with van der Waals surface area (Å²) < 4.78 is 14.4. The van der Waals surface area contributed by atoms with E-state index in [4.69, 9.17) is 0 Å². The molecule has 0 aromatic heterocycles. The maximum atomic E-state index is 13.8. The van der Waals surface area contributed by atoms with Crippen LogP contribution in [0.2, 0.25) is 0 Å². The molecule has 2 aromatic rings. The zero-order valence-corrected chi connectivity index (χ0v) is 13.5. The molecule has 0 aliphatic carbocycles. The number of carbonyl (C=O) groups is 1. The number of anilines is 1. The lowest BCUT2D eigenvalue weighted by Gasteiger charge is -2.10. The van der Waals surface area contributed by atoms with Crippen molar-refractivity contribution in [2.75, 3.05) is 11.1 Å². The third kappa shape index (κ3) is 4.19. The van der Waals surface area contributed by atoms with E-state index in [-0.39, 0.29) is 11.6 Å². The summed E-state index contributed by atoms with van der Waals surface area (Å²) in [6, 6.07) is 11.7. The highest BCUT2D eigenvalue weighted by Gasteiger charge is 2.13. The molecule has 0 saturated heterocycles. The van der Waals surface area contributed by atoms with Crippen LogP contribution in [-0.2, 0) is 0 Å².